The molecule has 0 heterocycles. The fourth-order valence-electron chi connectivity index (χ4n) is 0.803. The van der Waals surface area contributed by atoms with E-state index in [1.807, 2.05) is 0 Å². The number of hydrogen-bond donors (Lipinski definition) is 0. The number of allylic oxidation sites excluding steroid dienone is 1. The molecule has 0 aliphatic rings. The minimum atomic E-state index is -5.41. The monoisotopic (exact) mass is 246 g/mol. The zero-order valence-electron chi connectivity index (χ0n) is 8.09. The van der Waals surface area contributed by atoms with Crippen molar-refractivity contribution in [3.05, 3.63) is 12.7 Å². The standard InChI is InChI=1S/C8H13F3O3S/c1-2-3-4-5-6-7-14-15(12,13)8(9,10)11/h2H,1,3-7H2. The summed E-state index contributed by atoms with van der Waals surface area (Å²) in [5.74, 6) is 0. The van der Waals surface area contributed by atoms with Crippen molar-refractivity contribution in [2.75, 3.05) is 6.61 Å². The van der Waals surface area contributed by atoms with Gasteiger partial charge in [-0.2, -0.15) is 21.6 Å². The molecule has 0 atom stereocenters. The first-order chi connectivity index (χ1) is 6.81. The summed E-state index contributed by atoms with van der Waals surface area (Å²) in [6, 6.07) is 0. The third kappa shape index (κ3) is 5.78. The molecule has 0 bridgehead atoms. The Morgan fingerprint density at radius 1 is 1.20 bits per heavy atom. The van der Waals surface area contributed by atoms with Crippen LogP contribution in [0, 0.1) is 0 Å². The number of alkyl halides is 3. The molecule has 0 aliphatic carbocycles. The van der Waals surface area contributed by atoms with Gasteiger partial charge in [-0.1, -0.05) is 12.5 Å². The van der Waals surface area contributed by atoms with Crippen LogP contribution in [0.15, 0.2) is 12.7 Å². The van der Waals surface area contributed by atoms with Crippen LogP contribution in [0.4, 0.5) is 13.2 Å². The predicted molar refractivity (Wildman–Crippen MR) is 49.6 cm³/mol. The molecule has 0 amide bonds. The van der Waals surface area contributed by atoms with Gasteiger partial charge in [-0.15, -0.1) is 6.58 Å². The van der Waals surface area contributed by atoms with E-state index in [9.17, 15) is 21.6 Å². The van der Waals surface area contributed by atoms with Gasteiger partial charge in [0.2, 0.25) is 0 Å². The summed E-state index contributed by atoms with van der Waals surface area (Å²) >= 11 is 0. The number of halogens is 3. The first-order valence-electron chi connectivity index (χ1n) is 4.38. The van der Waals surface area contributed by atoms with Crippen LogP contribution >= 0.6 is 0 Å². The molecule has 15 heavy (non-hydrogen) atoms. The molecule has 0 saturated carbocycles. The Kier molecular flexibility index (Phi) is 5.89. The number of rotatable bonds is 7. The highest BCUT2D eigenvalue weighted by Gasteiger charge is 2.47. The molecule has 7 heteroatoms. The molecule has 0 rings (SSSR count). The summed E-state index contributed by atoms with van der Waals surface area (Å²) in [6.45, 7) is 3.04. The third-order valence-corrected chi connectivity index (χ3v) is 2.62. The maximum atomic E-state index is 11.7. The molecule has 3 nitrogen and oxygen atoms in total. The van der Waals surface area contributed by atoms with Crippen LogP contribution in [0.5, 0.6) is 0 Å². The smallest absolute Gasteiger partial charge is 0.263 e. The first kappa shape index (κ1) is 14.4. The molecule has 0 aliphatic heterocycles. The van der Waals surface area contributed by atoms with E-state index in [4.69, 9.17) is 0 Å². The molecule has 0 saturated heterocycles. The Morgan fingerprint density at radius 3 is 2.27 bits per heavy atom. The maximum absolute atomic E-state index is 11.7. The third-order valence-electron chi connectivity index (χ3n) is 1.57. The van der Waals surface area contributed by atoms with Gasteiger partial charge >= 0.3 is 15.6 Å². The van der Waals surface area contributed by atoms with Gasteiger partial charge in [-0.05, 0) is 19.3 Å². The lowest BCUT2D eigenvalue weighted by atomic mass is 10.2. The second-order valence-corrected chi connectivity index (χ2v) is 4.47. The summed E-state index contributed by atoms with van der Waals surface area (Å²) in [7, 11) is -5.41. The van der Waals surface area contributed by atoms with E-state index in [1.165, 1.54) is 0 Å². The van der Waals surface area contributed by atoms with Crippen molar-refractivity contribution in [1.29, 1.82) is 0 Å². The Hall–Kier alpha value is -0.560. The zero-order valence-corrected chi connectivity index (χ0v) is 8.90. The van der Waals surface area contributed by atoms with Crippen molar-refractivity contribution in [3.63, 3.8) is 0 Å². The molecule has 0 fully saturated rings. The van der Waals surface area contributed by atoms with E-state index in [2.05, 4.69) is 10.8 Å². The highest BCUT2D eigenvalue weighted by Crippen LogP contribution is 2.24. The van der Waals surface area contributed by atoms with Gasteiger partial charge in [0.25, 0.3) is 0 Å². The summed E-state index contributed by atoms with van der Waals surface area (Å²) < 4.78 is 59.8. The molecule has 0 unspecified atom stereocenters. The summed E-state index contributed by atoms with van der Waals surface area (Å²) in [4.78, 5) is 0. The number of unbranched alkanes of at least 4 members (excludes halogenated alkanes) is 3. The lowest BCUT2D eigenvalue weighted by molar-refractivity contribution is -0.0542. The fraction of sp³-hybridized carbons (Fsp3) is 0.750. The Balaban J connectivity index is 3.73. The zero-order chi connectivity index (χ0) is 11.9. The second kappa shape index (κ2) is 6.12. The SMILES string of the molecule is C=CCCCCCOS(=O)(=O)C(F)(F)F. The Morgan fingerprint density at radius 2 is 1.80 bits per heavy atom. The average molecular weight is 246 g/mol. The Labute approximate surface area is 87.0 Å². The highest BCUT2D eigenvalue weighted by molar-refractivity contribution is 7.87. The lowest BCUT2D eigenvalue weighted by Crippen LogP contribution is -2.25. The van der Waals surface area contributed by atoms with Crippen LogP contribution in [0.25, 0.3) is 0 Å². The predicted octanol–water partition coefficient (Wildman–Crippen LogP) is 2.60. The second-order valence-electron chi connectivity index (χ2n) is 2.86. The van der Waals surface area contributed by atoms with Gasteiger partial charge in [0, 0.05) is 0 Å². The van der Waals surface area contributed by atoms with Crippen molar-refractivity contribution in [2.45, 2.75) is 31.2 Å². The van der Waals surface area contributed by atoms with Gasteiger partial charge in [0.15, 0.2) is 0 Å². The van der Waals surface area contributed by atoms with Crippen molar-refractivity contribution >= 4 is 10.1 Å². The van der Waals surface area contributed by atoms with Crippen LogP contribution in [0.2, 0.25) is 0 Å². The van der Waals surface area contributed by atoms with Gasteiger partial charge in [-0.3, -0.25) is 4.18 Å². The fourth-order valence-corrected chi connectivity index (χ4v) is 1.27. The number of hydrogen-bond acceptors (Lipinski definition) is 3. The maximum Gasteiger partial charge on any atom is 0.523 e. The molecular formula is C8H13F3O3S. The minimum Gasteiger partial charge on any atom is -0.263 e. The average Bonchev–Trinajstić information content (AvgIpc) is 2.09. The summed E-state index contributed by atoms with van der Waals surface area (Å²) in [5, 5.41) is 0. The quantitative estimate of drug-likeness (QED) is 0.300. The molecule has 0 aromatic heterocycles. The van der Waals surface area contributed by atoms with Gasteiger partial charge in [0.1, 0.15) is 0 Å². The van der Waals surface area contributed by atoms with Crippen molar-refractivity contribution < 1.29 is 25.8 Å². The van der Waals surface area contributed by atoms with Crippen molar-refractivity contribution in [3.8, 4) is 0 Å². The Bertz CT molecular complexity index is 282. The molecule has 0 aromatic rings. The van der Waals surface area contributed by atoms with E-state index in [0.717, 1.165) is 12.8 Å². The van der Waals surface area contributed by atoms with Crippen LogP contribution in [-0.4, -0.2) is 20.5 Å². The normalized spacial score (nSPS) is 12.7. The van der Waals surface area contributed by atoms with Gasteiger partial charge in [0.05, 0.1) is 6.61 Å². The summed E-state index contributed by atoms with van der Waals surface area (Å²) in [6.07, 6.45) is 4.10. The van der Waals surface area contributed by atoms with E-state index in [0.29, 0.717) is 6.42 Å². The highest BCUT2D eigenvalue weighted by atomic mass is 32.2. The van der Waals surface area contributed by atoms with E-state index < -0.39 is 22.2 Å². The van der Waals surface area contributed by atoms with E-state index >= 15 is 0 Å². The van der Waals surface area contributed by atoms with Crippen LogP contribution in [0.1, 0.15) is 25.7 Å². The first-order valence-corrected chi connectivity index (χ1v) is 5.78. The molecule has 90 valence electrons. The molecule has 0 spiro atoms. The van der Waals surface area contributed by atoms with Crippen LogP contribution in [-0.2, 0) is 14.3 Å². The molecule has 0 radical (unpaired) electrons. The molecule has 0 aromatic carbocycles. The largest absolute Gasteiger partial charge is 0.523 e. The van der Waals surface area contributed by atoms with Crippen molar-refractivity contribution in [1.82, 2.24) is 0 Å². The van der Waals surface area contributed by atoms with E-state index in [1.54, 1.807) is 6.08 Å². The molecule has 0 N–H and O–H groups in total. The topological polar surface area (TPSA) is 43.4 Å². The summed E-state index contributed by atoms with van der Waals surface area (Å²) in [5.41, 5.74) is -5.33. The van der Waals surface area contributed by atoms with E-state index in [-0.39, 0.29) is 6.42 Å². The molecular weight excluding hydrogens is 233 g/mol. The van der Waals surface area contributed by atoms with Gasteiger partial charge in [-0.25, -0.2) is 0 Å². The van der Waals surface area contributed by atoms with Crippen LogP contribution < -0.4 is 0 Å². The van der Waals surface area contributed by atoms with Crippen LogP contribution in [0.3, 0.4) is 0 Å². The lowest BCUT2D eigenvalue weighted by Gasteiger charge is -2.07. The van der Waals surface area contributed by atoms with Crippen molar-refractivity contribution in [2.24, 2.45) is 0 Å². The van der Waals surface area contributed by atoms with Gasteiger partial charge < -0.3 is 0 Å². The minimum absolute atomic E-state index is 0.281.